The molecule has 2 fully saturated rings. The van der Waals surface area contributed by atoms with Gasteiger partial charge in [-0.2, -0.15) is 0 Å². The van der Waals surface area contributed by atoms with E-state index in [4.69, 9.17) is 9.52 Å². The standard InChI is InChI=1S/C17H20N4O4/c1-10-6-13(10)15-5-4-12(25-15)7-21(11-2-3-11)16(22)9-20-8-14(17(23)24)18-19-20/h4-5,8,10-11,13H,2-3,6-7,9H2,1H3,(H,23,24). The molecule has 2 aromatic heterocycles. The van der Waals surface area contributed by atoms with Gasteiger partial charge in [0, 0.05) is 12.0 Å². The van der Waals surface area contributed by atoms with Gasteiger partial charge in [0.05, 0.1) is 12.7 Å². The molecule has 8 nitrogen and oxygen atoms in total. The molecule has 2 aliphatic rings. The fourth-order valence-corrected chi connectivity index (χ4v) is 3.08. The van der Waals surface area contributed by atoms with E-state index in [1.807, 2.05) is 12.1 Å². The summed E-state index contributed by atoms with van der Waals surface area (Å²) in [6, 6.07) is 4.18. The van der Waals surface area contributed by atoms with Gasteiger partial charge in [0.25, 0.3) is 0 Å². The number of hydrogen-bond donors (Lipinski definition) is 1. The van der Waals surface area contributed by atoms with Gasteiger partial charge in [-0.3, -0.25) is 4.79 Å². The van der Waals surface area contributed by atoms with Crippen molar-refractivity contribution in [2.45, 2.75) is 51.2 Å². The van der Waals surface area contributed by atoms with Crippen molar-refractivity contribution in [3.63, 3.8) is 0 Å². The predicted octanol–water partition coefficient (Wildman–Crippen LogP) is 1.88. The number of carboxylic acid groups (broad SMARTS) is 1. The molecular formula is C17H20N4O4. The Morgan fingerprint density at radius 2 is 2.16 bits per heavy atom. The average molecular weight is 344 g/mol. The van der Waals surface area contributed by atoms with E-state index in [0.29, 0.717) is 18.4 Å². The first-order valence-corrected chi connectivity index (χ1v) is 8.52. The fraction of sp³-hybridized carbons (Fsp3) is 0.529. The molecule has 2 unspecified atom stereocenters. The molecule has 0 aromatic carbocycles. The lowest BCUT2D eigenvalue weighted by Crippen LogP contribution is -2.35. The number of hydrogen-bond acceptors (Lipinski definition) is 5. The summed E-state index contributed by atoms with van der Waals surface area (Å²) in [6.45, 7) is 2.62. The highest BCUT2D eigenvalue weighted by atomic mass is 16.4. The van der Waals surface area contributed by atoms with E-state index in [1.165, 1.54) is 10.9 Å². The monoisotopic (exact) mass is 344 g/mol. The minimum absolute atomic E-state index is 0.0238. The van der Waals surface area contributed by atoms with Crippen LogP contribution in [0.3, 0.4) is 0 Å². The summed E-state index contributed by atoms with van der Waals surface area (Å²) in [5.41, 5.74) is -0.167. The largest absolute Gasteiger partial charge is 0.476 e. The van der Waals surface area contributed by atoms with Crippen LogP contribution in [0.4, 0.5) is 0 Å². The van der Waals surface area contributed by atoms with E-state index in [-0.39, 0.29) is 24.2 Å². The van der Waals surface area contributed by atoms with Crippen LogP contribution < -0.4 is 0 Å². The van der Waals surface area contributed by atoms with Crippen LogP contribution in [0.2, 0.25) is 0 Å². The van der Waals surface area contributed by atoms with Gasteiger partial charge in [-0.05, 0) is 37.3 Å². The van der Waals surface area contributed by atoms with Crippen LogP contribution in [0.15, 0.2) is 22.7 Å². The molecule has 2 saturated carbocycles. The molecule has 0 radical (unpaired) electrons. The van der Waals surface area contributed by atoms with Crippen molar-refractivity contribution in [3.8, 4) is 0 Å². The lowest BCUT2D eigenvalue weighted by atomic mass is 10.3. The third kappa shape index (κ3) is 3.42. The van der Waals surface area contributed by atoms with Gasteiger partial charge >= 0.3 is 5.97 Å². The summed E-state index contributed by atoms with van der Waals surface area (Å²) in [7, 11) is 0. The Morgan fingerprint density at radius 1 is 1.40 bits per heavy atom. The van der Waals surface area contributed by atoms with Crippen LogP contribution in [-0.2, 0) is 17.9 Å². The Labute approximate surface area is 144 Å². The van der Waals surface area contributed by atoms with Gasteiger partial charge in [-0.1, -0.05) is 12.1 Å². The normalized spacial score (nSPS) is 22.0. The molecule has 2 heterocycles. The van der Waals surface area contributed by atoms with Crippen LogP contribution >= 0.6 is 0 Å². The second kappa shape index (κ2) is 6.02. The van der Waals surface area contributed by atoms with E-state index in [9.17, 15) is 9.59 Å². The number of furan rings is 1. The molecule has 0 spiro atoms. The number of carbonyl (C=O) groups is 2. The van der Waals surface area contributed by atoms with E-state index in [0.717, 1.165) is 30.8 Å². The molecule has 2 aromatic rings. The van der Waals surface area contributed by atoms with Crippen LogP contribution in [0, 0.1) is 5.92 Å². The van der Waals surface area contributed by atoms with Crippen molar-refractivity contribution in [2.24, 2.45) is 5.92 Å². The van der Waals surface area contributed by atoms with Gasteiger partial charge in [0.15, 0.2) is 5.69 Å². The predicted molar refractivity (Wildman–Crippen MR) is 85.8 cm³/mol. The zero-order valence-electron chi connectivity index (χ0n) is 14.0. The second-order valence-corrected chi connectivity index (χ2v) is 6.98. The van der Waals surface area contributed by atoms with Crippen LogP contribution in [0.1, 0.15) is 54.1 Å². The topological polar surface area (TPSA) is 101 Å². The minimum Gasteiger partial charge on any atom is -0.476 e. The SMILES string of the molecule is CC1CC1c1ccc(CN(C(=O)Cn2cc(C(=O)O)nn2)C2CC2)o1. The molecule has 0 aliphatic heterocycles. The fourth-order valence-electron chi connectivity index (χ4n) is 3.08. The highest BCUT2D eigenvalue weighted by molar-refractivity contribution is 5.84. The molecule has 2 aliphatic carbocycles. The van der Waals surface area contributed by atoms with Gasteiger partial charge in [-0.15, -0.1) is 5.10 Å². The number of nitrogens with zero attached hydrogens (tertiary/aromatic N) is 4. The van der Waals surface area contributed by atoms with Crippen molar-refractivity contribution >= 4 is 11.9 Å². The number of carboxylic acids is 1. The summed E-state index contributed by atoms with van der Waals surface area (Å²) in [5.74, 6) is 1.73. The summed E-state index contributed by atoms with van der Waals surface area (Å²) in [5, 5.41) is 16.1. The molecular weight excluding hydrogens is 324 g/mol. The Kier molecular flexibility index (Phi) is 3.82. The number of rotatable bonds is 7. The molecule has 25 heavy (non-hydrogen) atoms. The maximum absolute atomic E-state index is 12.6. The molecule has 8 heteroatoms. The molecule has 1 amide bonds. The summed E-state index contributed by atoms with van der Waals surface area (Å²) in [4.78, 5) is 25.3. The van der Waals surface area contributed by atoms with E-state index in [1.54, 1.807) is 4.90 Å². The Morgan fingerprint density at radius 3 is 2.76 bits per heavy atom. The van der Waals surface area contributed by atoms with Crippen LogP contribution in [-0.4, -0.2) is 42.9 Å². The van der Waals surface area contributed by atoms with Crippen molar-refractivity contribution in [2.75, 3.05) is 0 Å². The zero-order valence-corrected chi connectivity index (χ0v) is 14.0. The van der Waals surface area contributed by atoms with Crippen LogP contribution in [0.5, 0.6) is 0 Å². The Bertz CT molecular complexity index is 807. The number of aromatic carboxylic acids is 1. The van der Waals surface area contributed by atoms with Gasteiger partial charge in [-0.25, -0.2) is 9.48 Å². The molecule has 2 atom stereocenters. The first-order valence-electron chi connectivity index (χ1n) is 8.52. The molecule has 132 valence electrons. The molecule has 0 bridgehead atoms. The summed E-state index contributed by atoms with van der Waals surface area (Å²) >= 11 is 0. The van der Waals surface area contributed by atoms with Crippen molar-refractivity contribution < 1.29 is 19.1 Å². The maximum Gasteiger partial charge on any atom is 0.358 e. The average Bonchev–Trinajstić information content (AvgIpc) is 3.43. The number of amides is 1. The third-order valence-corrected chi connectivity index (χ3v) is 4.85. The summed E-state index contributed by atoms with van der Waals surface area (Å²) < 4.78 is 7.18. The zero-order chi connectivity index (χ0) is 17.6. The van der Waals surface area contributed by atoms with Crippen molar-refractivity contribution in [1.29, 1.82) is 0 Å². The van der Waals surface area contributed by atoms with E-state index in [2.05, 4.69) is 17.2 Å². The third-order valence-electron chi connectivity index (χ3n) is 4.85. The minimum atomic E-state index is -1.16. The Hall–Kier alpha value is -2.64. The van der Waals surface area contributed by atoms with Gasteiger partial charge in [0.1, 0.15) is 18.1 Å². The number of aromatic nitrogens is 3. The van der Waals surface area contributed by atoms with Gasteiger partial charge in [0.2, 0.25) is 5.91 Å². The summed E-state index contributed by atoms with van der Waals surface area (Å²) in [6.07, 6.45) is 4.40. The molecule has 4 rings (SSSR count). The second-order valence-electron chi connectivity index (χ2n) is 6.98. The first-order chi connectivity index (χ1) is 12.0. The van der Waals surface area contributed by atoms with E-state index < -0.39 is 5.97 Å². The highest BCUT2D eigenvalue weighted by Crippen LogP contribution is 2.47. The quantitative estimate of drug-likeness (QED) is 0.823. The highest BCUT2D eigenvalue weighted by Gasteiger charge is 2.37. The maximum atomic E-state index is 12.6. The van der Waals surface area contributed by atoms with Crippen molar-refractivity contribution in [1.82, 2.24) is 19.9 Å². The first kappa shape index (κ1) is 15.9. The molecule has 1 N–H and O–H groups in total. The van der Waals surface area contributed by atoms with Crippen LogP contribution in [0.25, 0.3) is 0 Å². The number of carbonyl (C=O) groups excluding carboxylic acids is 1. The Balaban J connectivity index is 1.42. The molecule has 0 saturated heterocycles. The lowest BCUT2D eigenvalue weighted by molar-refractivity contribution is -0.133. The van der Waals surface area contributed by atoms with Crippen molar-refractivity contribution in [3.05, 3.63) is 35.5 Å². The smallest absolute Gasteiger partial charge is 0.358 e. The van der Waals surface area contributed by atoms with E-state index >= 15 is 0 Å². The van der Waals surface area contributed by atoms with Gasteiger partial charge < -0.3 is 14.4 Å². The lowest BCUT2D eigenvalue weighted by Gasteiger charge is -2.21.